The second-order valence-corrected chi connectivity index (χ2v) is 5.41. The first-order chi connectivity index (χ1) is 8.38. The summed E-state index contributed by atoms with van der Waals surface area (Å²) in [4.78, 5) is 13.7. The molecule has 2 aliphatic rings. The van der Waals surface area contributed by atoms with E-state index in [2.05, 4.69) is 0 Å². The zero-order valence-electron chi connectivity index (χ0n) is 10.2. The zero-order chi connectivity index (χ0) is 13.3. The molecule has 2 unspecified atom stereocenters. The maximum Gasteiger partial charge on any atom is 0.391 e. The van der Waals surface area contributed by atoms with Crippen LogP contribution in [0.4, 0.5) is 13.2 Å². The molecule has 0 spiro atoms. The minimum atomic E-state index is -4.12. The highest BCUT2D eigenvalue weighted by Gasteiger charge is 2.42. The van der Waals surface area contributed by atoms with E-state index in [1.165, 1.54) is 0 Å². The normalized spacial score (nSPS) is 30.8. The van der Waals surface area contributed by atoms with Crippen molar-refractivity contribution in [1.29, 1.82) is 0 Å². The van der Waals surface area contributed by atoms with Crippen LogP contribution in [0.3, 0.4) is 0 Å². The Morgan fingerprint density at radius 2 is 1.72 bits per heavy atom. The van der Waals surface area contributed by atoms with Crippen molar-refractivity contribution in [1.82, 2.24) is 4.90 Å². The summed E-state index contributed by atoms with van der Waals surface area (Å²) < 4.78 is 37.5. The summed E-state index contributed by atoms with van der Waals surface area (Å²) in [5.74, 6) is -1.31. The monoisotopic (exact) mass is 264 g/mol. The number of hydrogen-bond donors (Lipinski definition) is 1. The average Bonchev–Trinajstić information content (AvgIpc) is 2.74. The molecule has 1 saturated heterocycles. The third-order valence-electron chi connectivity index (χ3n) is 4.09. The number of alkyl halides is 3. The Labute approximate surface area is 104 Å². The van der Waals surface area contributed by atoms with Gasteiger partial charge >= 0.3 is 6.18 Å². The lowest BCUT2D eigenvalue weighted by atomic mass is 9.95. The summed E-state index contributed by atoms with van der Waals surface area (Å²) in [5.41, 5.74) is 5.75. The molecule has 1 aliphatic heterocycles. The number of carbonyl (C=O) groups is 1. The van der Waals surface area contributed by atoms with E-state index in [0.29, 0.717) is 6.42 Å². The first kappa shape index (κ1) is 13.6. The van der Waals surface area contributed by atoms with Crippen LogP contribution in [-0.4, -0.2) is 36.1 Å². The lowest BCUT2D eigenvalue weighted by Crippen LogP contribution is -2.44. The van der Waals surface area contributed by atoms with E-state index < -0.39 is 12.1 Å². The lowest BCUT2D eigenvalue weighted by Gasteiger charge is -2.34. The largest absolute Gasteiger partial charge is 0.391 e. The molecule has 1 amide bonds. The molecule has 2 rings (SSSR count). The smallest absolute Gasteiger partial charge is 0.342 e. The molecule has 0 aromatic rings. The van der Waals surface area contributed by atoms with E-state index in [4.69, 9.17) is 5.73 Å². The fourth-order valence-electron chi connectivity index (χ4n) is 2.93. The first-order valence-electron chi connectivity index (χ1n) is 6.49. The Morgan fingerprint density at radius 3 is 2.17 bits per heavy atom. The molecular weight excluding hydrogens is 245 g/mol. The Balaban J connectivity index is 1.84. The number of nitrogens with two attached hydrogens (primary N) is 1. The maximum absolute atomic E-state index is 12.5. The van der Waals surface area contributed by atoms with Gasteiger partial charge in [0.25, 0.3) is 0 Å². The third kappa shape index (κ3) is 2.96. The highest BCUT2D eigenvalue weighted by Crippen LogP contribution is 2.35. The number of likely N-dealkylation sites (tertiary alicyclic amines) is 1. The molecule has 1 aliphatic carbocycles. The second-order valence-electron chi connectivity index (χ2n) is 5.41. The highest BCUT2D eigenvalue weighted by molar-refractivity contribution is 5.79. The van der Waals surface area contributed by atoms with Gasteiger partial charge in [-0.2, -0.15) is 13.2 Å². The van der Waals surface area contributed by atoms with Crippen LogP contribution in [0.2, 0.25) is 0 Å². The Hall–Kier alpha value is -0.780. The van der Waals surface area contributed by atoms with Gasteiger partial charge in [0.05, 0.1) is 5.92 Å². The molecule has 104 valence electrons. The Bertz CT molecular complexity index is 311. The molecule has 1 heterocycles. The van der Waals surface area contributed by atoms with Crippen molar-refractivity contribution in [3.05, 3.63) is 0 Å². The number of nitrogens with zero attached hydrogens (tertiary/aromatic N) is 1. The molecule has 2 fully saturated rings. The number of hydrogen-bond acceptors (Lipinski definition) is 2. The van der Waals surface area contributed by atoms with Gasteiger partial charge in [0, 0.05) is 25.0 Å². The molecule has 0 aromatic heterocycles. The summed E-state index contributed by atoms with van der Waals surface area (Å²) >= 11 is 0. The quantitative estimate of drug-likeness (QED) is 0.786. The zero-order valence-corrected chi connectivity index (χ0v) is 10.2. The van der Waals surface area contributed by atoms with E-state index in [-0.39, 0.29) is 43.8 Å². The van der Waals surface area contributed by atoms with Crippen LogP contribution in [-0.2, 0) is 4.79 Å². The summed E-state index contributed by atoms with van der Waals surface area (Å²) in [5, 5.41) is 0. The van der Waals surface area contributed by atoms with Crippen LogP contribution in [0.1, 0.15) is 32.1 Å². The van der Waals surface area contributed by atoms with Gasteiger partial charge < -0.3 is 10.6 Å². The fourth-order valence-corrected chi connectivity index (χ4v) is 2.93. The van der Waals surface area contributed by atoms with E-state index in [9.17, 15) is 18.0 Å². The molecule has 1 saturated carbocycles. The number of halogens is 3. The van der Waals surface area contributed by atoms with Crippen LogP contribution < -0.4 is 5.73 Å². The van der Waals surface area contributed by atoms with Crippen LogP contribution >= 0.6 is 0 Å². The van der Waals surface area contributed by atoms with Crippen LogP contribution in [0, 0.1) is 11.8 Å². The van der Waals surface area contributed by atoms with Gasteiger partial charge in [-0.1, -0.05) is 0 Å². The van der Waals surface area contributed by atoms with Crippen molar-refractivity contribution < 1.29 is 18.0 Å². The van der Waals surface area contributed by atoms with Gasteiger partial charge in [0.15, 0.2) is 0 Å². The Morgan fingerprint density at radius 1 is 1.11 bits per heavy atom. The predicted octanol–water partition coefficient (Wildman–Crippen LogP) is 1.91. The van der Waals surface area contributed by atoms with E-state index in [0.717, 1.165) is 12.8 Å². The van der Waals surface area contributed by atoms with Crippen molar-refractivity contribution in [2.24, 2.45) is 17.6 Å². The third-order valence-corrected chi connectivity index (χ3v) is 4.09. The average molecular weight is 264 g/mol. The van der Waals surface area contributed by atoms with E-state index >= 15 is 0 Å². The fraction of sp³-hybridized carbons (Fsp3) is 0.917. The van der Waals surface area contributed by atoms with Gasteiger partial charge in [0.1, 0.15) is 0 Å². The number of piperidine rings is 1. The summed E-state index contributed by atoms with van der Waals surface area (Å²) in [6.07, 6.45) is -1.75. The molecule has 3 nitrogen and oxygen atoms in total. The van der Waals surface area contributed by atoms with Gasteiger partial charge in [-0.05, 0) is 32.1 Å². The lowest BCUT2D eigenvalue weighted by molar-refractivity contribution is -0.186. The van der Waals surface area contributed by atoms with E-state index in [1.54, 1.807) is 4.90 Å². The number of carbonyl (C=O) groups excluding carboxylic acids is 1. The molecule has 6 heteroatoms. The summed E-state index contributed by atoms with van der Waals surface area (Å²) in [6.45, 7) is 0.462. The topological polar surface area (TPSA) is 46.3 Å². The van der Waals surface area contributed by atoms with Crippen molar-refractivity contribution >= 4 is 5.91 Å². The van der Waals surface area contributed by atoms with Crippen LogP contribution in [0.25, 0.3) is 0 Å². The minimum Gasteiger partial charge on any atom is -0.342 e. The van der Waals surface area contributed by atoms with Crippen molar-refractivity contribution in [3.8, 4) is 0 Å². The Kier molecular flexibility index (Phi) is 3.84. The molecule has 0 aromatic carbocycles. The van der Waals surface area contributed by atoms with Crippen LogP contribution in [0.15, 0.2) is 0 Å². The van der Waals surface area contributed by atoms with Gasteiger partial charge in [-0.15, -0.1) is 0 Å². The highest BCUT2D eigenvalue weighted by atomic mass is 19.4. The number of rotatable bonds is 1. The van der Waals surface area contributed by atoms with E-state index in [1.807, 2.05) is 0 Å². The second kappa shape index (κ2) is 5.07. The van der Waals surface area contributed by atoms with Crippen molar-refractivity contribution in [2.75, 3.05) is 13.1 Å². The van der Waals surface area contributed by atoms with Crippen molar-refractivity contribution in [3.63, 3.8) is 0 Å². The molecule has 2 atom stereocenters. The number of amides is 1. The summed E-state index contributed by atoms with van der Waals surface area (Å²) in [6, 6.07) is 0.0756. The van der Waals surface area contributed by atoms with Gasteiger partial charge in [0.2, 0.25) is 5.91 Å². The van der Waals surface area contributed by atoms with Gasteiger partial charge in [-0.3, -0.25) is 4.79 Å². The summed E-state index contributed by atoms with van der Waals surface area (Å²) in [7, 11) is 0. The molecule has 18 heavy (non-hydrogen) atoms. The molecule has 2 N–H and O–H groups in total. The molecule has 0 bridgehead atoms. The molecule has 0 radical (unpaired) electrons. The first-order valence-corrected chi connectivity index (χ1v) is 6.49. The molecular formula is C12H19F3N2O. The van der Waals surface area contributed by atoms with Gasteiger partial charge in [-0.25, -0.2) is 0 Å². The van der Waals surface area contributed by atoms with Crippen LogP contribution in [0.5, 0.6) is 0 Å². The predicted molar refractivity (Wildman–Crippen MR) is 60.7 cm³/mol. The minimum absolute atomic E-state index is 0.00331. The standard InChI is InChI=1S/C12H19F3N2O/c13-12(14,15)9-3-5-17(6-4-9)11(18)8-1-2-10(16)7-8/h8-10H,1-7,16H2. The van der Waals surface area contributed by atoms with Crippen molar-refractivity contribution in [2.45, 2.75) is 44.3 Å². The SMILES string of the molecule is NC1CCC(C(=O)N2CCC(C(F)(F)F)CC2)C1. The maximum atomic E-state index is 12.5.